The summed E-state index contributed by atoms with van der Waals surface area (Å²) in [5.41, 5.74) is 3.08. The van der Waals surface area contributed by atoms with E-state index in [0.29, 0.717) is 6.54 Å². The Hall–Kier alpha value is -1.72. The van der Waals surface area contributed by atoms with Crippen molar-refractivity contribution in [3.05, 3.63) is 46.2 Å². The molecular formula is C19H27IN6OS. The van der Waals surface area contributed by atoms with Gasteiger partial charge in [0.2, 0.25) is 0 Å². The van der Waals surface area contributed by atoms with Crippen LogP contribution in [0.5, 0.6) is 0 Å². The Balaban J connectivity index is 0.00000280. The summed E-state index contributed by atoms with van der Waals surface area (Å²) in [6.07, 6.45) is 0.823. The monoisotopic (exact) mass is 514 g/mol. The Morgan fingerprint density at radius 1 is 1.36 bits per heavy atom. The molecule has 28 heavy (non-hydrogen) atoms. The van der Waals surface area contributed by atoms with E-state index in [1.165, 1.54) is 0 Å². The summed E-state index contributed by atoms with van der Waals surface area (Å²) in [5, 5.41) is 6.46. The molecule has 3 aromatic rings. The maximum absolute atomic E-state index is 5.33. The van der Waals surface area contributed by atoms with Crippen molar-refractivity contribution in [1.29, 1.82) is 0 Å². The minimum Gasteiger partial charge on any atom is -0.375 e. The number of methoxy groups -OCH3 is 1. The van der Waals surface area contributed by atoms with Gasteiger partial charge in [0.1, 0.15) is 16.9 Å². The summed E-state index contributed by atoms with van der Waals surface area (Å²) in [6, 6.07) is 8.07. The number of para-hydroxylation sites is 2. The zero-order chi connectivity index (χ0) is 19.2. The lowest BCUT2D eigenvalue weighted by Crippen LogP contribution is -2.39. The Morgan fingerprint density at radius 3 is 2.86 bits per heavy atom. The normalized spacial score (nSPS) is 12.6. The first kappa shape index (κ1) is 22.6. The number of benzene rings is 1. The van der Waals surface area contributed by atoms with Crippen molar-refractivity contribution >= 4 is 52.3 Å². The number of aliphatic imine (C=N–C) groups is 1. The van der Waals surface area contributed by atoms with Gasteiger partial charge in [0.05, 0.1) is 23.3 Å². The number of fused-ring (bicyclic) bond motifs is 1. The molecule has 0 aliphatic rings. The van der Waals surface area contributed by atoms with Crippen LogP contribution in [-0.4, -0.2) is 53.6 Å². The molecule has 0 bridgehead atoms. The van der Waals surface area contributed by atoms with E-state index in [9.17, 15) is 0 Å². The van der Waals surface area contributed by atoms with Crippen molar-refractivity contribution in [2.24, 2.45) is 4.99 Å². The third kappa shape index (κ3) is 5.65. The highest BCUT2D eigenvalue weighted by Gasteiger charge is 2.12. The van der Waals surface area contributed by atoms with Crippen LogP contribution in [0.25, 0.3) is 11.0 Å². The van der Waals surface area contributed by atoms with Crippen LogP contribution in [0.2, 0.25) is 0 Å². The molecule has 0 radical (unpaired) electrons. The van der Waals surface area contributed by atoms with Crippen molar-refractivity contribution in [2.45, 2.75) is 26.0 Å². The molecule has 9 heteroatoms. The molecular weight excluding hydrogens is 487 g/mol. The molecule has 0 saturated heterocycles. The maximum atomic E-state index is 5.33. The van der Waals surface area contributed by atoms with Crippen LogP contribution in [0, 0.1) is 0 Å². The molecule has 0 aliphatic carbocycles. The number of nitrogens with zero attached hydrogens (tertiary/aromatic N) is 4. The zero-order valence-corrected chi connectivity index (χ0v) is 19.7. The van der Waals surface area contributed by atoms with Crippen LogP contribution in [-0.2, 0) is 17.7 Å². The fraction of sp³-hybridized carbons (Fsp3) is 0.421. The number of aromatic amines is 1. The predicted octanol–water partition coefficient (Wildman–Crippen LogP) is 3.59. The number of aromatic nitrogens is 3. The molecule has 152 valence electrons. The van der Waals surface area contributed by atoms with Gasteiger partial charge in [0.15, 0.2) is 5.96 Å². The summed E-state index contributed by atoms with van der Waals surface area (Å²) in [4.78, 5) is 19.0. The Bertz CT molecular complexity index is 876. The average molecular weight is 514 g/mol. The van der Waals surface area contributed by atoms with Gasteiger partial charge in [0, 0.05) is 39.6 Å². The number of halogens is 1. The number of rotatable bonds is 7. The third-order valence-corrected chi connectivity index (χ3v) is 5.38. The van der Waals surface area contributed by atoms with Crippen molar-refractivity contribution in [3.8, 4) is 0 Å². The quantitative estimate of drug-likeness (QED) is 0.286. The molecule has 0 aliphatic heterocycles. The lowest BCUT2D eigenvalue weighted by molar-refractivity contribution is 0.119. The molecule has 2 N–H and O–H groups in total. The average Bonchev–Trinajstić information content (AvgIpc) is 3.30. The minimum atomic E-state index is 0. The first-order valence-corrected chi connectivity index (χ1v) is 9.81. The van der Waals surface area contributed by atoms with E-state index < -0.39 is 0 Å². The highest BCUT2D eigenvalue weighted by atomic mass is 127. The highest BCUT2D eigenvalue weighted by molar-refractivity contribution is 14.0. The number of ether oxygens (including phenoxy) is 1. The van der Waals surface area contributed by atoms with Crippen LogP contribution in [0.3, 0.4) is 0 Å². The first-order valence-electron chi connectivity index (χ1n) is 8.93. The SMILES string of the molecule is CN=C(NCCc1nc2ccccc2[nH]1)N(C)Cc1csc(C(C)OC)n1.I. The first-order chi connectivity index (χ1) is 13.1. The van der Waals surface area contributed by atoms with Crippen LogP contribution < -0.4 is 5.32 Å². The van der Waals surface area contributed by atoms with Gasteiger partial charge >= 0.3 is 0 Å². The van der Waals surface area contributed by atoms with E-state index in [2.05, 4.69) is 35.5 Å². The summed E-state index contributed by atoms with van der Waals surface area (Å²) in [6.45, 7) is 3.45. The third-order valence-electron chi connectivity index (χ3n) is 4.33. The molecule has 3 rings (SSSR count). The Morgan fingerprint density at radius 2 is 2.14 bits per heavy atom. The van der Waals surface area contributed by atoms with E-state index >= 15 is 0 Å². The maximum Gasteiger partial charge on any atom is 0.193 e. The largest absolute Gasteiger partial charge is 0.375 e. The minimum absolute atomic E-state index is 0. The van der Waals surface area contributed by atoms with Crippen LogP contribution in [0.4, 0.5) is 0 Å². The van der Waals surface area contributed by atoms with Gasteiger partial charge in [-0.2, -0.15) is 0 Å². The summed E-state index contributed by atoms with van der Waals surface area (Å²) in [5.74, 6) is 1.81. The molecule has 0 saturated carbocycles. The standard InChI is InChI=1S/C19H26N6OS.HI/c1-13(26-4)18-22-14(12-27-18)11-25(3)19(20-2)21-10-9-17-23-15-7-5-6-8-16(15)24-17;/h5-8,12-13H,9-11H2,1-4H3,(H,20,21)(H,23,24);1H. The number of hydrogen-bond donors (Lipinski definition) is 2. The molecule has 7 nitrogen and oxygen atoms in total. The second-order valence-corrected chi connectivity index (χ2v) is 7.23. The van der Waals surface area contributed by atoms with Gasteiger partial charge in [-0.15, -0.1) is 35.3 Å². The molecule has 0 amide bonds. The highest BCUT2D eigenvalue weighted by Crippen LogP contribution is 2.20. The lowest BCUT2D eigenvalue weighted by atomic mass is 10.3. The lowest BCUT2D eigenvalue weighted by Gasteiger charge is -2.21. The zero-order valence-electron chi connectivity index (χ0n) is 16.6. The number of H-pyrrole nitrogens is 1. The Kier molecular flexibility index (Phi) is 8.64. The van der Waals surface area contributed by atoms with Gasteiger partial charge in [-0.25, -0.2) is 9.97 Å². The van der Waals surface area contributed by atoms with E-state index in [-0.39, 0.29) is 30.1 Å². The molecule has 2 aromatic heterocycles. The fourth-order valence-corrected chi connectivity index (χ4v) is 3.64. The van der Waals surface area contributed by atoms with Crippen LogP contribution >= 0.6 is 35.3 Å². The summed E-state index contributed by atoms with van der Waals surface area (Å²) >= 11 is 1.63. The van der Waals surface area contributed by atoms with Crippen LogP contribution in [0.15, 0.2) is 34.6 Å². The fourth-order valence-electron chi connectivity index (χ4n) is 2.80. The number of hydrogen-bond acceptors (Lipinski definition) is 5. The second-order valence-electron chi connectivity index (χ2n) is 6.34. The molecule has 0 fully saturated rings. The van der Waals surface area contributed by atoms with Crippen molar-refractivity contribution in [2.75, 3.05) is 27.7 Å². The second kappa shape index (κ2) is 10.7. The molecule has 0 spiro atoms. The van der Waals surface area contributed by atoms with Gasteiger partial charge in [-0.3, -0.25) is 4.99 Å². The molecule has 1 unspecified atom stereocenters. The predicted molar refractivity (Wildman–Crippen MR) is 126 cm³/mol. The van der Waals surface area contributed by atoms with Gasteiger partial charge in [-0.1, -0.05) is 12.1 Å². The van der Waals surface area contributed by atoms with Crippen molar-refractivity contribution in [3.63, 3.8) is 0 Å². The number of nitrogens with one attached hydrogen (secondary N) is 2. The van der Waals surface area contributed by atoms with E-state index in [1.54, 1.807) is 25.5 Å². The van der Waals surface area contributed by atoms with Gasteiger partial charge in [0.25, 0.3) is 0 Å². The summed E-state index contributed by atoms with van der Waals surface area (Å²) < 4.78 is 5.33. The topological polar surface area (TPSA) is 78.4 Å². The van der Waals surface area contributed by atoms with E-state index in [4.69, 9.17) is 4.74 Å². The van der Waals surface area contributed by atoms with Gasteiger partial charge < -0.3 is 19.9 Å². The van der Waals surface area contributed by atoms with E-state index in [0.717, 1.165) is 46.5 Å². The number of imidazole rings is 1. The Labute approximate surface area is 186 Å². The van der Waals surface area contributed by atoms with Gasteiger partial charge in [-0.05, 0) is 19.1 Å². The van der Waals surface area contributed by atoms with Crippen molar-refractivity contribution < 1.29 is 4.74 Å². The van der Waals surface area contributed by atoms with Crippen LogP contribution in [0.1, 0.15) is 29.6 Å². The molecule has 1 aromatic carbocycles. The number of guanidine groups is 1. The number of thiazole rings is 1. The van der Waals surface area contributed by atoms with Crippen molar-refractivity contribution in [1.82, 2.24) is 25.2 Å². The molecule has 2 heterocycles. The summed E-state index contributed by atoms with van der Waals surface area (Å²) in [7, 11) is 5.50. The smallest absolute Gasteiger partial charge is 0.193 e. The molecule has 1 atom stereocenters. The van der Waals surface area contributed by atoms with E-state index in [1.807, 2.05) is 38.2 Å².